The summed E-state index contributed by atoms with van der Waals surface area (Å²) in [5.41, 5.74) is 1.39. The van der Waals surface area contributed by atoms with Gasteiger partial charge in [-0.15, -0.1) is 0 Å². The first kappa shape index (κ1) is 15.2. The van der Waals surface area contributed by atoms with Gasteiger partial charge in [-0.25, -0.2) is 23.5 Å². The SMILES string of the molecule is COc1ccc2cnc(Nc3ccc(S(N)(=O)=O)cc3)nc2c1. The number of hydrogen-bond acceptors (Lipinski definition) is 6. The van der Waals surface area contributed by atoms with E-state index in [1.807, 2.05) is 18.2 Å². The topological polar surface area (TPSA) is 107 Å². The van der Waals surface area contributed by atoms with E-state index in [0.717, 1.165) is 10.9 Å². The summed E-state index contributed by atoms with van der Waals surface area (Å²) in [6.45, 7) is 0. The molecule has 0 amide bonds. The van der Waals surface area contributed by atoms with E-state index in [2.05, 4.69) is 15.3 Å². The van der Waals surface area contributed by atoms with E-state index in [1.165, 1.54) is 12.1 Å². The molecule has 0 saturated carbocycles. The van der Waals surface area contributed by atoms with Gasteiger partial charge in [0.1, 0.15) is 5.75 Å². The van der Waals surface area contributed by atoms with Crippen LogP contribution in [0.2, 0.25) is 0 Å². The Morgan fingerprint density at radius 2 is 1.87 bits per heavy atom. The summed E-state index contributed by atoms with van der Waals surface area (Å²) < 4.78 is 27.6. The highest BCUT2D eigenvalue weighted by molar-refractivity contribution is 7.89. The van der Waals surface area contributed by atoms with Crippen molar-refractivity contribution in [2.24, 2.45) is 5.14 Å². The van der Waals surface area contributed by atoms with Crippen molar-refractivity contribution in [1.29, 1.82) is 0 Å². The molecule has 23 heavy (non-hydrogen) atoms. The molecule has 0 bridgehead atoms. The molecule has 118 valence electrons. The molecule has 0 saturated heterocycles. The molecule has 0 radical (unpaired) electrons. The predicted molar refractivity (Wildman–Crippen MR) is 87.2 cm³/mol. The van der Waals surface area contributed by atoms with Gasteiger partial charge in [0, 0.05) is 23.3 Å². The third-order valence-corrected chi connectivity index (χ3v) is 4.16. The number of rotatable bonds is 4. The van der Waals surface area contributed by atoms with Crippen molar-refractivity contribution in [2.45, 2.75) is 4.90 Å². The van der Waals surface area contributed by atoms with Gasteiger partial charge in [0.05, 0.1) is 17.5 Å². The second-order valence-electron chi connectivity index (χ2n) is 4.81. The highest BCUT2D eigenvalue weighted by Gasteiger charge is 2.07. The summed E-state index contributed by atoms with van der Waals surface area (Å²) in [5.74, 6) is 1.11. The number of aromatic nitrogens is 2. The van der Waals surface area contributed by atoms with E-state index in [9.17, 15) is 8.42 Å². The Morgan fingerprint density at radius 1 is 1.13 bits per heavy atom. The number of methoxy groups -OCH3 is 1. The Morgan fingerprint density at radius 3 is 2.52 bits per heavy atom. The van der Waals surface area contributed by atoms with Crippen LogP contribution in [0.3, 0.4) is 0 Å². The quantitative estimate of drug-likeness (QED) is 0.758. The second kappa shape index (κ2) is 5.82. The average Bonchev–Trinajstić information content (AvgIpc) is 2.54. The molecular weight excluding hydrogens is 316 g/mol. The zero-order valence-electron chi connectivity index (χ0n) is 12.2. The lowest BCUT2D eigenvalue weighted by Crippen LogP contribution is -2.11. The van der Waals surface area contributed by atoms with Crippen molar-refractivity contribution >= 4 is 32.6 Å². The van der Waals surface area contributed by atoms with Gasteiger partial charge in [0.2, 0.25) is 16.0 Å². The molecule has 0 atom stereocenters. The summed E-state index contributed by atoms with van der Waals surface area (Å²) >= 11 is 0. The van der Waals surface area contributed by atoms with Gasteiger partial charge >= 0.3 is 0 Å². The second-order valence-corrected chi connectivity index (χ2v) is 6.37. The number of fused-ring (bicyclic) bond motifs is 1. The Kier molecular flexibility index (Phi) is 3.85. The van der Waals surface area contributed by atoms with Crippen LogP contribution >= 0.6 is 0 Å². The van der Waals surface area contributed by atoms with E-state index in [1.54, 1.807) is 25.4 Å². The normalized spacial score (nSPS) is 11.4. The van der Waals surface area contributed by atoms with Crippen LogP contribution < -0.4 is 15.2 Å². The van der Waals surface area contributed by atoms with Crippen LogP contribution in [0.4, 0.5) is 11.6 Å². The number of hydrogen-bond donors (Lipinski definition) is 2. The Bertz CT molecular complexity index is 956. The van der Waals surface area contributed by atoms with Gasteiger partial charge in [-0.1, -0.05) is 0 Å². The molecular formula is C15H14N4O3S. The van der Waals surface area contributed by atoms with Crippen molar-refractivity contribution < 1.29 is 13.2 Å². The molecule has 8 heteroatoms. The predicted octanol–water partition coefficient (Wildman–Crippen LogP) is 2.03. The summed E-state index contributed by atoms with van der Waals surface area (Å²) in [6.07, 6.45) is 1.70. The number of primary sulfonamides is 1. The number of ether oxygens (including phenoxy) is 1. The van der Waals surface area contributed by atoms with Crippen molar-refractivity contribution in [1.82, 2.24) is 9.97 Å². The van der Waals surface area contributed by atoms with E-state index in [4.69, 9.17) is 9.88 Å². The van der Waals surface area contributed by atoms with Crippen LogP contribution in [0.1, 0.15) is 0 Å². The molecule has 3 N–H and O–H groups in total. The van der Waals surface area contributed by atoms with E-state index in [0.29, 0.717) is 17.4 Å². The lowest BCUT2D eigenvalue weighted by Gasteiger charge is -2.07. The van der Waals surface area contributed by atoms with Crippen LogP contribution in [0.25, 0.3) is 10.9 Å². The molecule has 7 nitrogen and oxygen atoms in total. The highest BCUT2D eigenvalue weighted by Crippen LogP contribution is 2.21. The fourth-order valence-corrected chi connectivity index (χ4v) is 2.56. The first-order valence-corrected chi connectivity index (χ1v) is 8.21. The van der Waals surface area contributed by atoms with Crippen molar-refractivity contribution in [3.05, 3.63) is 48.7 Å². The van der Waals surface area contributed by atoms with Gasteiger partial charge < -0.3 is 10.1 Å². The van der Waals surface area contributed by atoms with E-state index >= 15 is 0 Å². The van der Waals surface area contributed by atoms with Crippen LogP contribution in [0.5, 0.6) is 5.75 Å². The number of sulfonamides is 1. The minimum absolute atomic E-state index is 0.0483. The molecule has 0 aliphatic carbocycles. The molecule has 1 heterocycles. The number of anilines is 2. The fraction of sp³-hybridized carbons (Fsp3) is 0.0667. The average molecular weight is 330 g/mol. The van der Waals surface area contributed by atoms with Crippen molar-refractivity contribution in [3.8, 4) is 5.75 Å². The third kappa shape index (κ3) is 3.38. The van der Waals surface area contributed by atoms with Crippen molar-refractivity contribution in [2.75, 3.05) is 12.4 Å². The molecule has 0 spiro atoms. The minimum atomic E-state index is -3.70. The number of nitrogens with two attached hydrogens (primary N) is 1. The van der Waals surface area contributed by atoms with Crippen LogP contribution in [-0.4, -0.2) is 25.5 Å². The lowest BCUT2D eigenvalue weighted by molar-refractivity contribution is 0.415. The van der Waals surface area contributed by atoms with Gasteiger partial charge in [-0.05, 0) is 36.4 Å². The standard InChI is InChI=1S/C15H14N4O3S/c1-22-12-5-2-10-9-17-15(19-14(10)8-12)18-11-3-6-13(7-4-11)23(16,20)21/h2-9H,1H3,(H2,16,20,21)(H,17,18,19). The monoisotopic (exact) mass is 330 g/mol. The zero-order valence-corrected chi connectivity index (χ0v) is 13.0. The summed E-state index contributed by atoms with van der Waals surface area (Å²) in [7, 11) is -2.11. The number of nitrogens with zero attached hydrogens (tertiary/aromatic N) is 2. The molecule has 3 aromatic rings. The largest absolute Gasteiger partial charge is 0.497 e. The highest BCUT2D eigenvalue weighted by atomic mass is 32.2. The maximum absolute atomic E-state index is 11.2. The Labute approximate surface area is 133 Å². The zero-order chi connectivity index (χ0) is 16.4. The molecule has 0 aliphatic heterocycles. The number of benzene rings is 2. The first-order valence-electron chi connectivity index (χ1n) is 6.66. The van der Waals surface area contributed by atoms with Crippen LogP contribution in [0.15, 0.2) is 53.6 Å². The van der Waals surface area contributed by atoms with Crippen LogP contribution in [0, 0.1) is 0 Å². The first-order chi connectivity index (χ1) is 11.0. The molecule has 3 rings (SSSR count). The molecule has 0 fully saturated rings. The fourth-order valence-electron chi connectivity index (χ4n) is 2.05. The minimum Gasteiger partial charge on any atom is -0.497 e. The molecule has 1 aromatic heterocycles. The lowest BCUT2D eigenvalue weighted by atomic mass is 10.2. The summed E-state index contributed by atoms with van der Waals surface area (Å²) in [5, 5.41) is 8.97. The van der Waals surface area contributed by atoms with Gasteiger partial charge in [-0.2, -0.15) is 0 Å². The Balaban J connectivity index is 1.89. The molecule has 0 aliphatic rings. The number of nitrogens with one attached hydrogen (secondary N) is 1. The maximum atomic E-state index is 11.2. The summed E-state index contributed by atoms with van der Waals surface area (Å²) in [4.78, 5) is 8.68. The van der Waals surface area contributed by atoms with E-state index in [-0.39, 0.29) is 4.90 Å². The third-order valence-electron chi connectivity index (χ3n) is 3.23. The van der Waals surface area contributed by atoms with E-state index < -0.39 is 10.0 Å². The Hall–Kier alpha value is -2.71. The van der Waals surface area contributed by atoms with Gasteiger partial charge in [0.15, 0.2) is 0 Å². The molecule has 2 aromatic carbocycles. The molecule has 0 unspecified atom stereocenters. The van der Waals surface area contributed by atoms with Gasteiger partial charge in [0.25, 0.3) is 0 Å². The van der Waals surface area contributed by atoms with Crippen molar-refractivity contribution in [3.63, 3.8) is 0 Å². The maximum Gasteiger partial charge on any atom is 0.238 e. The van der Waals surface area contributed by atoms with Gasteiger partial charge in [-0.3, -0.25) is 0 Å². The summed E-state index contributed by atoms with van der Waals surface area (Å²) in [6, 6.07) is 11.6. The smallest absolute Gasteiger partial charge is 0.238 e. The van der Waals surface area contributed by atoms with Crippen LogP contribution in [-0.2, 0) is 10.0 Å².